The van der Waals surface area contributed by atoms with Crippen molar-refractivity contribution >= 4 is 23.4 Å². The molecule has 1 amide bonds. The van der Waals surface area contributed by atoms with Crippen LogP contribution >= 0.6 is 11.8 Å². The quantitative estimate of drug-likeness (QED) is 0.673. The summed E-state index contributed by atoms with van der Waals surface area (Å²) in [6.07, 6.45) is 1.73. The number of nitrogens with one attached hydrogen (secondary N) is 1. The molecule has 2 heterocycles. The van der Waals surface area contributed by atoms with Crippen molar-refractivity contribution in [3.63, 3.8) is 0 Å². The van der Waals surface area contributed by atoms with E-state index in [0.717, 1.165) is 22.5 Å². The average Bonchev–Trinajstić information content (AvgIpc) is 3.06. The molecular formula is C19H21N5OS. The second-order valence-electron chi connectivity index (χ2n) is 5.92. The molecule has 26 heavy (non-hydrogen) atoms. The van der Waals surface area contributed by atoms with E-state index in [-0.39, 0.29) is 11.7 Å². The molecule has 0 bridgehead atoms. The number of carbonyl (C=O) groups is 1. The number of rotatable bonds is 6. The Balaban J connectivity index is 1.69. The van der Waals surface area contributed by atoms with Crippen molar-refractivity contribution in [3.05, 3.63) is 53.7 Å². The summed E-state index contributed by atoms with van der Waals surface area (Å²) in [7, 11) is 0. The number of hydrogen-bond acceptors (Lipinski definition) is 5. The van der Waals surface area contributed by atoms with Gasteiger partial charge >= 0.3 is 0 Å². The van der Waals surface area contributed by atoms with Crippen LogP contribution in [0.25, 0.3) is 11.5 Å². The van der Waals surface area contributed by atoms with Gasteiger partial charge in [0, 0.05) is 18.4 Å². The monoisotopic (exact) mass is 367 g/mol. The maximum absolute atomic E-state index is 12.3. The lowest BCUT2D eigenvalue weighted by molar-refractivity contribution is -0.113. The topological polar surface area (TPSA) is 72.7 Å². The van der Waals surface area contributed by atoms with Crippen LogP contribution in [0.1, 0.15) is 18.1 Å². The molecule has 0 saturated carbocycles. The number of aromatic nitrogens is 4. The molecule has 2 aromatic heterocycles. The van der Waals surface area contributed by atoms with Crippen LogP contribution < -0.4 is 5.32 Å². The van der Waals surface area contributed by atoms with Crippen molar-refractivity contribution in [2.24, 2.45) is 0 Å². The van der Waals surface area contributed by atoms with E-state index >= 15 is 0 Å². The summed E-state index contributed by atoms with van der Waals surface area (Å²) >= 11 is 1.37. The van der Waals surface area contributed by atoms with Crippen LogP contribution in [0, 0.1) is 13.8 Å². The van der Waals surface area contributed by atoms with Gasteiger partial charge in [0.2, 0.25) is 5.91 Å². The number of aryl methyl sites for hydroxylation is 2. The van der Waals surface area contributed by atoms with Crippen molar-refractivity contribution in [1.82, 2.24) is 19.7 Å². The standard InChI is InChI=1S/C19H21N5OS/c1-4-24-18(15-7-5-6-10-20-15)22-23-19(24)26-12-17(25)21-16-11-13(2)8-9-14(16)3/h5-11H,4,12H2,1-3H3,(H,21,25). The van der Waals surface area contributed by atoms with Crippen LogP contribution in [0.2, 0.25) is 0 Å². The number of thioether (sulfide) groups is 1. The SMILES string of the molecule is CCn1c(SCC(=O)Nc2cc(C)ccc2C)nnc1-c1ccccn1. The first kappa shape index (κ1) is 18.1. The molecule has 3 rings (SSSR count). The molecule has 6 nitrogen and oxygen atoms in total. The van der Waals surface area contributed by atoms with Crippen molar-refractivity contribution in [1.29, 1.82) is 0 Å². The molecular weight excluding hydrogens is 346 g/mol. The van der Waals surface area contributed by atoms with E-state index < -0.39 is 0 Å². The van der Waals surface area contributed by atoms with E-state index in [0.29, 0.717) is 17.5 Å². The van der Waals surface area contributed by atoms with Crippen molar-refractivity contribution < 1.29 is 4.79 Å². The Morgan fingerprint density at radius 2 is 2.04 bits per heavy atom. The average molecular weight is 367 g/mol. The fourth-order valence-corrected chi connectivity index (χ4v) is 3.35. The maximum atomic E-state index is 12.3. The Hall–Kier alpha value is -2.67. The van der Waals surface area contributed by atoms with E-state index in [2.05, 4.69) is 20.5 Å². The van der Waals surface area contributed by atoms with Gasteiger partial charge in [0.25, 0.3) is 0 Å². The molecule has 134 valence electrons. The number of nitrogens with zero attached hydrogens (tertiary/aromatic N) is 4. The van der Waals surface area contributed by atoms with Gasteiger partial charge in [-0.3, -0.25) is 9.78 Å². The first-order chi connectivity index (χ1) is 12.6. The zero-order valence-electron chi connectivity index (χ0n) is 15.1. The van der Waals surface area contributed by atoms with Crippen LogP contribution in [-0.2, 0) is 11.3 Å². The van der Waals surface area contributed by atoms with Crippen LogP contribution in [0.4, 0.5) is 5.69 Å². The summed E-state index contributed by atoms with van der Waals surface area (Å²) in [4.78, 5) is 16.7. The first-order valence-corrected chi connectivity index (χ1v) is 9.41. The van der Waals surface area contributed by atoms with Gasteiger partial charge in [-0.15, -0.1) is 10.2 Å². The normalized spacial score (nSPS) is 10.7. The minimum atomic E-state index is -0.0614. The number of hydrogen-bond donors (Lipinski definition) is 1. The summed E-state index contributed by atoms with van der Waals surface area (Å²) in [6.45, 7) is 6.72. The molecule has 0 radical (unpaired) electrons. The summed E-state index contributed by atoms with van der Waals surface area (Å²) < 4.78 is 1.97. The van der Waals surface area contributed by atoms with Gasteiger partial charge in [-0.2, -0.15) is 0 Å². The van der Waals surface area contributed by atoms with Crippen LogP contribution in [0.15, 0.2) is 47.8 Å². The van der Waals surface area contributed by atoms with Crippen LogP contribution in [0.5, 0.6) is 0 Å². The predicted molar refractivity (Wildman–Crippen MR) is 104 cm³/mol. The van der Waals surface area contributed by atoms with Crippen LogP contribution in [0.3, 0.4) is 0 Å². The molecule has 7 heteroatoms. The molecule has 0 aliphatic heterocycles. The van der Waals surface area contributed by atoms with E-state index in [4.69, 9.17) is 0 Å². The Bertz CT molecular complexity index is 908. The molecule has 1 N–H and O–H groups in total. The van der Waals surface area contributed by atoms with E-state index in [9.17, 15) is 4.79 Å². The maximum Gasteiger partial charge on any atom is 0.234 e. The third-order valence-corrected chi connectivity index (χ3v) is 4.89. The third kappa shape index (κ3) is 4.11. The smallest absolute Gasteiger partial charge is 0.234 e. The highest BCUT2D eigenvalue weighted by molar-refractivity contribution is 7.99. The van der Waals surface area contributed by atoms with E-state index in [1.165, 1.54) is 11.8 Å². The highest BCUT2D eigenvalue weighted by Gasteiger charge is 2.15. The van der Waals surface area contributed by atoms with Gasteiger partial charge in [-0.25, -0.2) is 0 Å². The number of amides is 1. The highest BCUT2D eigenvalue weighted by Crippen LogP contribution is 2.23. The fourth-order valence-electron chi connectivity index (χ4n) is 2.55. The van der Waals surface area contributed by atoms with Gasteiger partial charge < -0.3 is 9.88 Å². The number of pyridine rings is 1. The minimum Gasteiger partial charge on any atom is -0.325 e. The fraction of sp³-hybridized carbons (Fsp3) is 0.263. The molecule has 0 unspecified atom stereocenters. The highest BCUT2D eigenvalue weighted by atomic mass is 32.2. The van der Waals surface area contributed by atoms with E-state index in [1.54, 1.807) is 6.20 Å². The molecule has 0 saturated heterocycles. The summed E-state index contributed by atoms with van der Waals surface area (Å²) in [6, 6.07) is 11.7. The zero-order chi connectivity index (χ0) is 18.5. The van der Waals surface area contributed by atoms with Gasteiger partial charge in [-0.05, 0) is 50.1 Å². The molecule has 0 atom stereocenters. The van der Waals surface area contributed by atoms with Crippen molar-refractivity contribution in [2.75, 3.05) is 11.1 Å². The Morgan fingerprint density at radius 3 is 2.77 bits per heavy atom. The molecule has 1 aromatic carbocycles. The summed E-state index contributed by atoms with van der Waals surface area (Å²) in [5, 5.41) is 12.2. The lowest BCUT2D eigenvalue weighted by Gasteiger charge is -2.10. The minimum absolute atomic E-state index is 0.0614. The third-order valence-electron chi connectivity index (χ3n) is 3.93. The van der Waals surface area contributed by atoms with Gasteiger partial charge in [0.1, 0.15) is 5.69 Å². The molecule has 0 spiro atoms. The van der Waals surface area contributed by atoms with Crippen LogP contribution in [-0.4, -0.2) is 31.4 Å². The predicted octanol–water partition coefficient (Wildman–Crippen LogP) is 3.71. The van der Waals surface area contributed by atoms with Gasteiger partial charge in [0.15, 0.2) is 11.0 Å². The second-order valence-corrected chi connectivity index (χ2v) is 6.86. The number of anilines is 1. The first-order valence-electron chi connectivity index (χ1n) is 8.43. The van der Waals surface area contributed by atoms with Crippen molar-refractivity contribution in [2.45, 2.75) is 32.5 Å². The molecule has 0 aliphatic rings. The van der Waals surface area contributed by atoms with Gasteiger partial charge in [0.05, 0.1) is 5.75 Å². The molecule has 3 aromatic rings. The van der Waals surface area contributed by atoms with Gasteiger partial charge in [-0.1, -0.05) is 30.0 Å². The number of carbonyl (C=O) groups excluding carboxylic acids is 1. The summed E-state index contributed by atoms with van der Waals surface area (Å²) in [5.41, 5.74) is 3.78. The molecule has 0 aliphatic carbocycles. The van der Waals surface area contributed by atoms with Crippen molar-refractivity contribution in [3.8, 4) is 11.5 Å². The Labute approximate surface area is 157 Å². The zero-order valence-corrected chi connectivity index (χ0v) is 15.9. The largest absolute Gasteiger partial charge is 0.325 e. The lowest BCUT2D eigenvalue weighted by Crippen LogP contribution is -2.15. The summed E-state index contributed by atoms with van der Waals surface area (Å²) in [5.74, 6) is 0.924. The number of benzene rings is 1. The second kappa shape index (κ2) is 8.14. The Kier molecular flexibility index (Phi) is 5.68. The molecule has 0 fully saturated rings. The Morgan fingerprint density at radius 1 is 1.19 bits per heavy atom. The lowest BCUT2D eigenvalue weighted by atomic mass is 10.1. The van der Waals surface area contributed by atoms with E-state index in [1.807, 2.05) is 61.7 Å².